The molecule has 0 radical (unpaired) electrons. The second-order valence-electron chi connectivity index (χ2n) is 4.98. The third-order valence-electron chi connectivity index (χ3n) is 3.58. The van der Waals surface area contributed by atoms with E-state index in [1.165, 1.54) is 4.68 Å². The zero-order chi connectivity index (χ0) is 15.2. The maximum Gasteiger partial charge on any atom is 0.417 e. The molecule has 4 nitrogen and oxygen atoms in total. The molecule has 0 saturated heterocycles. The van der Waals surface area contributed by atoms with E-state index in [0.29, 0.717) is 0 Å². The molecule has 1 aliphatic rings. The molecule has 3 rings (SSSR count). The SMILES string of the molecule is NC1CCCc2c1cnn2-c1ncc(C(F)(F)F)cc1Cl. The Labute approximate surface area is 123 Å². The van der Waals surface area contributed by atoms with Crippen molar-refractivity contribution in [2.75, 3.05) is 0 Å². The Morgan fingerprint density at radius 3 is 2.76 bits per heavy atom. The van der Waals surface area contributed by atoms with Crippen LogP contribution in [-0.4, -0.2) is 14.8 Å². The van der Waals surface area contributed by atoms with Gasteiger partial charge >= 0.3 is 6.18 Å². The predicted octanol–water partition coefficient (Wildman–Crippen LogP) is 3.28. The summed E-state index contributed by atoms with van der Waals surface area (Å²) in [5, 5.41) is 4.09. The van der Waals surface area contributed by atoms with E-state index in [4.69, 9.17) is 17.3 Å². The summed E-state index contributed by atoms with van der Waals surface area (Å²) in [6.07, 6.45) is 0.445. The largest absolute Gasteiger partial charge is 0.417 e. The van der Waals surface area contributed by atoms with Crippen molar-refractivity contribution in [3.63, 3.8) is 0 Å². The molecule has 0 fully saturated rings. The first-order valence-electron chi connectivity index (χ1n) is 6.43. The smallest absolute Gasteiger partial charge is 0.324 e. The molecule has 0 spiro atoms. The third-order valence-corrected chi connectivity index (χ3v) is 3.86. The van der Waals surface area contributed by atoms with E-state index in [2.05, 4.69) is 10.1 Å². The standard InChI is InChI=1S/C13H12ClF3N4/c14-9-4-7(13(15,16)17)5-19-12(9)21-11-3-1-2-10(18)8(11)6-20-21/h4-6,10H,1-3,18H2. The number of alkyl halides is 3. The molecule has 112 valence electrons. The van der Waals surface area contributed by atoms with Crippen molar-refractivity contribution in [3.05, 3.63) is 40.3 Å². The molecule has 0 bridgehead atoms. The lowest BCUT2D eigenvalue weighted by atomic mass is 9.94. The fourth-order valence-electron chi connectivity index (χ4n) is 2.52. The lowest BCUT2D eigenvalue weighted by molar-refractivity contribution is -0.137. The van der Waals surface area contributed by atoms with E-state index in [-0.39, 0.29) is 16.9 Å². The first kappa shape index (κ1) is 14.3. The van der Waals surface area contributed by atoms with Crippen molar-refractivity contribution in [2.24, 2.45) is 5.73 Å². The van der Waals surface area contributed by atoms with Gasteiger partial charge in [0, 0.05) is 17.8 Å². The molecule has 2 heterocycles. The molecule has 0 aromatic carbocycles. The monoisotopic (exact) mass is 316 g/mol. The molecule has 1 atom stereocenters. The van der Waals surface area contributed by atoms with Crippen molar-refractivity contribution in [1.82, 2.24) is 14.8 Å². The zero-order valence-electron chi connectivity index (χ0n) is 10.9. The predicted molar refractivity (Wildman–Crippen MR) is 71.2 cm³/mol. The highest BCUT2D eigenvalue weighted by molar-refractivity contribution is 6.32. The molecule has 0 amide bonds. The summed E-state index contributed by atoms with van der Waals surface area (Å²) in [5.41, 5.74) is 6.89. The van der Waals surface area contributed by atoms with E-state index in [0.717, 1.165) is 42.8 Å². The van der Waals surface area contributed by atoms with Gasteiger partial charge in [0.05, 0.1) is 22.5 Å². The normalized spacial score (nSPS) is 18.6. The van der Waals surface area contributed by atoms with E-state index in [1.54, 1.807) is 6.20 Å². The second kappa shape index (κ2) is 4.99. The summed E-state index contributed by atoms with van der Waals surface area (Å²) in [4.78, 5) is 3.83. The highest BCUT2D eigenvalue weighted by atomic mass is 35.5. The van der Waals surface area contributed by atoms with Gasteiger partial charge in [-0.3, -0.25) is 0 Å². The van der Waals surface area contributed by atoms with Crippen molar-refractivity contribution in [2.45, 2.75) is 31.5 Å². The van der Waals surface area contributed by atoms with Gasteiger partial charge in [0.2, 0.25) is 0 Å². The minimum Gasteiger partial charge on any atom is -0.324 e. The van der Waals surface area contributed by atoms with Gasteiger partial charge in [0.25, 0.3) is 0 Å². The number of pyridine rings is 1. The molecular formula is C13H12ClF3N4. The minimum atomic E-state index is -4.47. The fourth-order valence-corrected chi connectivity index (χ4v) is 2.76. The van der Waals surface area contributed by atoms with Gasteiger partial charge < -0.3 is 5.73 Å². The van der Waals surface area contributed by atoms with Gasteiger partial charge in [-0.05, 0) is 25.3 Å². The number of fused-ring (bicyclic) bond motifs is 1. The summed E-state index contributed by atoms with van der Waals surface area (Å²) in [6, 6.07) is 0.761. The van der Waals surface area contributed by atoms with Gasteiger partial charge in [-0.15, -0.1) is 0 Å². The van der Waals surface area contributed by atoms with E-state index in [9.17, 15) is 13.2 Å². The molecule has 0 aliphatic heterocycles. The molecule has 21 heavy (non-hydrogen) atoms. The van der Waals surface area contributed by atoms with Crippen LogP contribution in [-0.2, 0) is 12.6 Å². The highest BCUT2D eigenvalue weighted by Gasteiger charge is 2.32. The lowest BCUT2D eigenvalue weighted by Crippen LogP contribution is -2.18. The summed E-state index contributed by atoms with van der Waals surface area (Å²) in [7, 11) is 0. The van der Waals surface area contributed by atoms with Crippen LogP contribution in [0.2, 0.25) is 5.02 Å². The Hall–Kier alpha value is -1.60. The van der Waals surface area contributed by atoms with Crippen molar-refractivity contribution < 1.29 is 13.2 Å². The number of aromatic nitrogens is 3. The van der Waals surface area contributed by atoms with Crippen LogP contribution in [0.1, 0.15) is 35.7 Å². The number of rotatable bonds is 1. The van der Waals surface area contributed by atoms with Gasteiger partial charge in [-0.2, -0.15) is 18.3 Å². The quantitative estimate of drug-likeness (QED) is 0.878. The van der Waals surface area contributed by atoms with Gasteiger partial charge in [-0.1, -0.05) is 11.6 Å². The number of hydrogen-bond acceptors (Lipinski definition) is 3. The van der Waals surface area contributed by atoms with Crippen LogP contribution >= 0.6 is 11.6 Å². The molecule has 0 saturated carbocycles. The lowest BCUT2D eigenvalue weighted by Gasteiger charge is -2.19. The fraction of sp³-hybridized carbons (Fsp3) is 0.385. The first-order chi connectivity index (χ1) is 9.88. The van der Waals surface area contributed by atoms with Crippen molar-refractivity contribution in [1.29, 1.82) is 0 Å². The Kier molecular flexibility index (Phi) is 3.41. The van der Waals surface area contributed by atoms with E-state index in [1.807, 2.05) is 0 Å². The molecule has 1 aliphatic carbocycles. The van der Waals surface area contributed by atoms with Crippen LogP contribution < -0.4 is 5.73 Å². The number of nitrogens with zero attached hydrogens (tertiary/aromatic N) is 3. The molecule has 2 aromatic rings. The van der Waals surface area contributed by atoms with E-state index < -0.39 is 11.7 Å². The maximum atomic E-state index is 12.6. The molecule has 1 unspecified atom stereocenters. The molecule has 2 aromatic heterocycles. The first-order valence-corrected chi connectivity index (χ1v) is 6.81. The topological polar surface area (TPSA) is 56.7 Å². The number of halogens is 4. The average molecular weight is 317 g/mol. The van der Waals surface area contributed by atoms with Gasteiger partial charge in [-0.25, -0.2) is 9.67 Å². The Morgan fingerprint density at radius 1 is 1.33 bits per heavy atom. The van der Waals surface area contributed by atoms with Crippen LogP contribution in [0.15, 0.2) is 18.5 Å². The van der Waals surface area contributed by atoms with Gasteiger partial charge in [0.15, 0.2) is 5.82 Å². The maximum absolute atomic E-state index is 12.6. The van der Waals surface area contributed by atoms with Crippen LogP contribution in [0.25, 0.3) is 5.82 Å². The molecule has 8 heteroatoms. The Morgan fingerprint density at radius 2 is 2.10 bits per heavy atom. The van der Waals surface area contributed by atoms with Crippen molar-refractivity contribution in [3.8, 4) is 5.82 Å². The Bertz CT molecular complexity index is 681. The van der Waals surface area contributed by atoms with Crippen LogP contribution in [0.4, 0.5) is 13.2 Å². The summed E-state index contributed by atoms with van der Waals surface area (Å²) in [6.45, 7) is 0. The molecular weight excluding hydrogens is 305 g/mol. The van der Waals surface area contributed by atoms with Crippen LogP contribution in [0.5, 0.6) is 0 Å². The third kappa shape index (κ3) is 2.51. The highest BCUT2D eigenvalue weighted by Crippen LogP contribution is 2.34. The second-order valence-corrected chi connectivity index (χ2v) is 5.39. The average Bonchev–Trinajstić information content (AvgIpc) is 2.83. The van der Waals surface area contributed by atoms with Crippen molar-refractivity contribution >= 4 is 11.6 Å². The number of hydrogen-bond donors (Lipinski definition) is 1. The van der Waals surface area contributed by atoms with E-state index >= 15 is 0 Å². The summed E-state index contributed by atoms with van der Waals surface area (Å²) in [5.74, 6) is 0.194. The zero-order valence-corrected chi connectivity index (χ0v) is 11.6. The Balaban J connectivity index is 2.06. The van der Waals surface area contributed by atoms with Gasteiger partial charge in [0.1, 0.15) is 0 Å². The minimum absolute atomic E-state index is 0.0881. The summed E-state index contributed by atoms with van der Waals surface area (Å²) < 4.78 is 39.4. The number of nitrogens with two attached hydrogens (primary N) is 1. The van der Waals surface area contributed by atoms with Crippen LogP contribution in [0.3, 0.4) is 0 Å². The summed E-state index contributed by atoms with van der Waals surface area (Å²) >= 11 is 5.95. The van der Waals surface area contributed by atoms with Crippen LogP contribution in [0, 0.1) is 0 Å². The molecule has 2 N–H and O–H groups in total.